The summed E-state index contributed by atoms with van der Waals surface area (Å²) < 4.78 is 30.8. The number of nitrogens with one attached hydrogen (secondary N) is 1. The van der Waals surface area contributed by atoms with Gasteiger partial charge in [0.2, 0.25) is 0 Å². The zero-order valence-corrected chi connectivity index (χ0v) is 19.3. The van der Waals surface area contributed by atoms with E-state index in [1.165, 1.54) is 0 Å². The molecule has 0 saturated heterocycles. The first kappa shape index (κ1) is 22.5. The molecule has 3 aromatic carbocycles. The van der Waals surface area contributed by atoms with Crippen molar-refractivity contribution in [2.24, 2.45) is 0 Å². The second-order valence-electron chi connectivity index (χ2n) is 7.89. The molecule has 7 nitrogen and oxygen atoms in total. The number of carboxylic acids is 1. The predicted octanol–water partition coefficient (Wildman–Crippen LogP) is 5.31. The fourth-order valence-electron chi connectivity index (χ4n) is 3.86. The smallest absolute Gasteiger partial charge is 0.335 e. The standard InChI is InChI=1S/C25H25N3O4S/c1-3-4-14-28-16-24(17(2)26-28)33(31,32)27-23-13-12-20(21-10-5-6-11-22(21)23)18-8-7-9-19(15-18)25(29)30/h5-13,15-16,27H,3-4,14H2,1-2H3,(H,29,30). The number of hydrogen-bond acceptors (Lipinski definition) is 4. The maximum atomic E-state index is 13.2. The summed E-state index contributed by atoms with van der Waals surface area (Å²) >= 11 is 0. The van der Waals surface area contributed by atoms with Crippen LogP contribution in [0.5, 0.6) is 0 Å². The van der Waals surface area contributed by atoms with E-state index in [1.54, 1.807) is 48.1 Å². The summed E-state index contributed by atoms with van der Waals surface area (Å²) in [7, 11) is -3.85. The van der Waals surface area contributed by atoms with Crippen molar-refractivity contribution >= 4 is 32.5 Å². The van der Waals surface area contributed by atoms with Crippen molar-refractivity contribution < 1.29 is 18.3 Å². The number of nitrogens with zero attached hydrogens (tertiary/aromatic N) is 2. The molecular formula is C25H25N3O4S. The quantitative estimate of drug-likeness (QED) is 0.369. The van der Waals surface area contributed by atoms with Crippen molar-refractivity contribution in [3.63, 3.8) is 0 Å². The molecule has 1 heterocycles. The lowest BCUT2D eigenvalue weighted by Crippen LogP contribution is -2.13. The monoisotopic (exact) mass is 463 g/mol. The minimum absolute atomic E-state index is 0.154. The van der Waals surface area contributed by atoms with Crippen LogP contribution in [0.2, 0.25) is 0 Å². The molecule has 0 spiro atoms. The van der Waals surface area contributed by atoms with Crippen LogP contribution in [0.4, 0.5) is 5.69 Å². The lowest BCUT2D eigenvalue weighted by Gasteiger charge is -2.14. The van der Waals surface area contributed by atoms with Crippen LogP contribution in [0.25, 0.3) is 21.9 Å². The van der Waals surface area contributed by atoms with Gasteiger partial charge in [-0.15, -0.1) is 0 Å². The molecule has 2 N–H and O–H groups in total. The number of carboxylic acid groups (broad SMARTS) is 1. The Morgan fingerprint density at radius 2 is 1.82 bits per heavy atom. The number of unbranched alkanes of at least 4 members (excludes halogenated alkanes) is 1. The van der Waals surface area contributed by atoms with Crippen molar-refractivity contribution in [1.82, 2.24) is 9.78 Å². The Balaban J connectivity index is 1.75. The first-order chi connectivity index (χ1) is 15.8. The summed E-state index contributed by atoms with van der Waals surface area (Å²) in [5.41, 5.74) is 2.65. The highest BCUT2D eigenvalue weighted by Crippen LogP contribution is 2.34. The molecule has 0 saturated carbocycles. The minimum Gasteiger partial charge on any atom is -0.478 e. The zero-order valence-electron chi connectivity index (χ0n) is 18.4. The van der Waals surface area contributed by atoms with Crippen LogP contribution in [-0.4, -0.2) is 29.3 Å². The third-order valence-corrected chi connectivity index (χ3v) is 6.99. The molecule has 8 heteroatoms. The lowest BCUT2D eigenvalue weighted by molar-refractivity contribution is 0.0697. The summed E-state index contributed by atoms with van der Waals surface area (Å²) in [6, 6.07) is 17.6. The van der Waals surface area contributed by atoms with Gasteiger partial charge in [0.15, 0.2) is 0 Å². The minimum atomic E-state index is -3.85. The molecule has 33 heavy (non-hydrogen) atoms. The molecular weight excluding hydrogens is 438 g/mol. The molecule has 0 aliphatic heterocycles. The maximum absolute atomic E-state index is 13.2. The molecule has 4 rings (SSSR count). The Labute approximate surface area is 192 Å². The number of aromatic carboxylic acids is 1. The molecule has 1 aromatic heterocycles. The van der Waals surface area contributed by atoms with Gasteiger partial charge in [0, 0.05) is 18.1 Å². The van der Waals surface area contributed by atoms with Crippen LogP contribution in [0.15, 0.2) is 71.8 Å². The molecule has 0 aliphatic carbocycles. The highest BCUT2D eigenvalue weighted by atomic mass is 32.2. The molecule has 0 atom stereocenters. The van der Waals surface area contributed by atoms with Gasteiger partial charge in [0.1, 0.15) is 4.90 Å². The topological polar surface area (TPSA) is 101 Å². The van der Waals surface area contributed by atoms with Crippen molar-refractivity contribution in [2.45, 2.75) is 38.1 Å². The Hall–Kier alpha value is -3.65. The summed E-state index contributed by atoms with van der Waals surface area (Å²) in [5, 5.41) is 15.2. The van der Waals surface area contributed by atoms with Gasteiger partial charge in [-0.05, 0) is 48.1 Å². The first-order valence-electron chi connectivity index (χ1n) is 10.7. The van der Waals surface area contributed by atoms with Crippen LogP contribution >= 0.6 is 0 Å². The first-order valence-corrected chi connectivity index (χ1v) is 12.2. The third-order valence-electron chi connectivity index (χ3n) is 5.52. The number of fused-ring (bicyclic) bond motifs is 1. The van der Waals surface area contributed by atoms with Gasteiger partial charge in [-0.3, -0.25) is 9.40 Å². The van der Waals surface area contributed by atoms with Gasteiger partial charge in [0.25, 0.3) is 10.0 Å². The van der Waals surface area contributed by atoms with Gasteiger partial charge >= 0.3 is 5.97 Å². The van der Waals surface area contributed by atoms with Crippen LogP contribution in [0, 0.1) is 6.92 Å². The third kappa shape index (κ3) is 4.61. The van der Waals surface area contributed by atoms with Crippen molar-refractivity contribution in [3.05, 3.63) is 78.1 Å². The fraction of sp³-hybridized carbons (Fsp3) is 0.200. The average molecular weight is 464 g/mol. The van der Waals surface area contributed by atoms with E-state index in [0.29, 0.717) is 17.9 Å². The molecule has 0 amide bonds. The van der Waals surface area contributed by atoms with Gasteiger partial charge in [0.05, 0.1) is 16.9 Å². The SMILES string of the molecule is CCCCn1cc(S(=O)(=O)Nc2ccc(-c3cccc(C(=O)O)c3)c3ccccc23)c(C)n1. The Morgan fingerprint density at radius 3 is 2.55 bits per heavy atom. The second kappa shape index (κ2) is 9.07. The number of hydrogen-bond donors (Lipinski definition) is 2. The van der Waals surface area contributed by atoms with E-state index < -0.39 is 16.0 Å². The lowest BCUT2D eigenvalue weighted by atomic mass is 9.96. The van der Waals surface area contributed by atoms with Crippen LogP contribution in [-0.2, 0) is 16.6 Å². The number of rotatable bonds is 8. The second-order valence-corrected chi connectivity index (χ2v) is 9.54. The van der Waals surface area contributed by atoms with Gasteiger partial charge in [-0.25, -0.2) is 13.2 Å². The molecule has 0 bridgehead atoms. The molecule has 0 aliphatic rings. The number of anilines is 1. The van der Waals surface area contributed by atoms with Crippen LogP contribution in [0.3, 0.4) is 0 Å². The van der Waals surface area contributed by atoms with E-state index in [-0.39, 0.29) is 10.5 Å². The number of aromatic nitrogens is 2. The van der Waals surface area contributed by atoms with E-state index in [4.69, 9.17) is 0 Å². The van der Waals surface area contributed by atoms with E-state index in [9.17, 15) is 18.3 Å². The van der Waals surface area contributed by atoms with Crippen molar-refractivity contribution in [3.8, 4) is 11.1 Å². The van der Waals surface area contributed by atoms with E-state index >= 15 is 0 Å². The summed E-state index contributed by atoms with van der Waals surface area (Å²) in [6.45, 7) is 4.43. The fourth-order valence-corrected chi connectivity index (χ4v) is 5.13. The number of benzene rings is 3. The van der Waals surface area contributed by atoms with Crippen molar-refractivity contribution in [2.75, 3.05) is 4.72 Å². The zero-order chi connectivity index (χ0) is 23.6. The van der Waals surface area contributed by atoms with Crippen LogP contribution in [0.1, 0.15) is 35.8 Å². The maximum Gasteiger partial charge on any atom is 0.335 e. The Kier molecular flexibility index (Phi) is 6.20. The molecule has 0 fully saturated rings. The molecule has 170 valence electrons. The number of carbonyl (C=O) groups is 1. The average Bonchev–Trinajstić information content (AvgIpc) is 3.19. The Morgan fingerprint density at radius 1 is 1.06 bits per heavy atom. The van der Waals surface area contributed by atoms with E-state index in [1.807, 2.05) is 30.3 Å². The van der Waals surface area contributed by atoms with Gasteiger partial charge < -0.3 is 5.11 Å². The summed E-state index contributed by atoms with van der Waals surface area (Å²) in [6.07, 6.45) is 3.48. The van der Waals surface area contributed by atoms with Gasteiger partial charge in [-0.2, -0.15) is 5.10 Å². The normalized spacial score (nSPS) is 11.6. The molecule has 4 aromatic rings. The molecule has 0 radical (unpaired) electrons. The largest absolute Gasteiger partial charge is 0.478 e. The number of aryl methyl sites for hydroxylation is 2. The number of sulfonamides is 1. The highest BCUT2D eigenvalue weighted by Gasteiger charge is 2.22. The van der Waals surface area contributed by atoms with E-state index in [2.05, 4.69) is 16.7 Å². The predicted molar refractivity (Wildman–Crippen MR) is 129 cm³/mol. The Bertz CT molecular complexity index is 1440. The molecule has 0 unspecified atom stereocenters. The summed E-state index contributed by atoms with van der Waals surface area (Å²) in [5.74, 6) is -1.000. The highest BCUT2D eigenvalue weighted by molar-refractivity contribution is 7.92. The van der Waals surface area contributed by atoms with Crippen molar-refractivity contribution in [1.29, 1.82) is 0 Å². The summed E-state index contributed by atoms with van der Waals surface area (Å²) in [4.78, 5) is 11.6. The van der Waals surface area contributed by atoms with Crippen LogP contribution < -0.4 is 4.72 Å². The van der Waals surface area contributed by atoms with Gasteiger partial charge in [-0.1, -0.05) is 55.8 Å². The van der Waals surface area contributed by atoms with E-state index in [0.717, 1.165) is 34.7 Å².